The van der Waals surface area contributed by atoms with Crippen LogP contribution in [0.5, 0.6) is 0 Å². The lowest BCUT2D eigenvalue weighted by Crippen LogP contribution is -2.31. The van der Waals surface area contributed by atoms with Gasteiger partial charge in [0.1, 0.15) is 24.2 Å². The number of rotatable bonds is 3. The third-order valence-corrected chi connectivity index (χ3v) is 5.07. The average molecular weight is 347 g/mol. The number of carbonyl (C=O) groups excluding carboxylic acids is 1. The fourth-order valence-corrected chi connectivity index (χ4v) is 3.70. The Labute approximate surface area is 152 Å². The zero-order valence-electron chi connectivity index (χ0n) is 14.9. The molecule has 1 atom stereocenters. The van der Waals surface area contributed by atoms with Crippen molar-refractivity contribution in [3.63, 3.8) is 0 Å². The normalized spacial score (nSPS) is 18.8. The number of aromatic nitrogens is 4. The highest BCUT2D eigenvalue weighted by Crippen LogP contribution is 2.42. The second-order valence-electron chi connectivity index (χ2n) is 7.39. The first-order valence-corrected chi connectivity index (χ1v) is 8.71. The molecule has 2 aromatic heterocycles. The fraction of sp³-hybridized carbons (Fsp3) is 0.300. The highest BCUT2D eigenvalue weighted by atomic mass is 16.2. The van der Waals surface area contributed by atoms with Crippen molar-refractivity contribution in [1.29, 1.82) is 0 Å². The smallest absolute Gasteiger partial charge is 0.272 e. The molecule has 6 heteroatoms. The number of nitrogens with zero attached hydrogens (tertiary/aromatic N) is 5. The molecule has 0 spiro atoms. The summed E-state index contributed by atoms with van der Waals surface area (Å²) in [5.74, 6) is 0.916. The van der Waals surface area contributed by atoms with Crippen LogP contribution in [0.2, 0.25) is 0 Å². The molecule has 6 nitrogen and oxygen atoms in total. The highest BCUT2D eigenvalue weighted by Gasteiger charge is 2.42. The predicted octanol–water partition coefficient (Wildman–Crippen LogP) is 2.93. The SMILES string of the molecule is CC1(C)CN(C(=O)c2cccc(-n3cnnc3)n2)C[C@H]1c1ccccc1. The molecule has 1 aromatic carbocycles. The van der Waals surface area contributed by atoms with Crippen LogP contribution in [0.25, 0.3) is 5.82 Å². The van der Waals surface area contributed by atoms with Crippen molar-refractivity contribution in [3.05, 3.63) is 72.4 Å². The molecule has 1 amide bonds. The van der Waals surface area contributed by atoms with Crippen molar-refractivity contribution in [1.82, 2.24) is 24.6 Å². The molecule has 1 aliphatic rings. The first kappa shape index (κ1) is 16.4. The van der Waals surface area contributed by atoms with Gasteiger partial charge in [0.2, 0.25) is 0 Å². The summed E-state index contributed by atoms with van der Waals surface area (Å²) in [5, 5.41) is 7.58. The Morgan fingerprint density at radius 1 is 1.04 bits per heavy atom. The summed E-state index contributed by atoms with van der Waals surface area (Å²) in [6, 6.07) is 15.9. The van der Waals surface area contributed by atoms with Gasteiger partial charge in [0.25, 0.3) is 5.91 Å². The Morgan fingerprint density at radius 3 is 2.50 bits per heavy atom. The van der Waals surface area contributed by atoms with Crippen molar-refractivity contribution in [3.8, 4) is 5.82 Å². The number of amides is 1. The van der Waals surface area contributed by atoms with Gasteiger partial charge in [0.05, 0.1) is 0 Å². The molecule has 3 aromatic rings. The summed E-state index contributed by atoms with van der Waals surface area (Å²) >= 11 is 0. The minimum absolute atomic E-state index is 0.0168. The van der Waals surface area contributed by atoms with E-state index >= 15 is 0 Å². The lowest BCUT2D eigenvalue weighted by atomic mass is 9.78. The van der Waals surface area contributed by atoms with Crippen LogP contribution in [0, 0.1) is 5.41 Å². The standard InChI is InChI=1S/C20H21N5O/c1-20(2)12-24(11-16(20)15-7-4-3-5-8-15)19(26)17-9-6-10-18(23-17)25-13-21-22-14-25/h3-10,13-14,16H,11-12H2,1-2H3/t16-/m0/s1. The maximum Gasteiger partial charge on any atom is 0.272 e. The van der Waals surface area contributed by atoms with Crippen LogP contribution in [0.1, 0.15) is 35.8 Å². The van der Waals surface area contributed by atoms with E-state index < -0.39 is 0 Å². The van der Waals surface area contributed by atoms with E-state index in [2.05, 4.69) is 53.3 Å². The Balaban J connectivity index is 1.59. The zero-order valence-corrected chi connectivity index (χ0v) is 14.9. The van der Waals surface area contributed by atoms with E-state index in [9.17, 15) is 4.79 Å². The Bertz CT molecular complexity index is 905. The summed E-state index contributed by atoms with van der Waals surface area (Å²) in [7, 11) is 0. The van der Waals surface area contributed by atoms with Gasteiger partial charge in [0.15, 0.2) is 0 Å². The second kappa shape index (κ2) is 6.37. The number of hydrogen-bond acceptors (Lipinski definition) is 4. The third kappa shape index (κ3) is 2.98. The van der Waals surface area contributed by atoms with Crippen molar-refractivity contribution >= 4 is 5.91 Å². The minimum Gasteiger partial charge on any atom is -0.336 e. The van der Waals surface area contributed by atoms with E-state index in [-0.39, 0.29) is 11.3 Å². The summed E-state index contributed by atoms with van der Waals surface area (Å²) in [4.78, 5) is 19.5. The van der Waals surface area contributed by atoms with Crippen LogP contribution in [0.4, 0.5) is 0 Å². The van der Waals surface area contributed by atoms with Crippen molar-refractivity contribution in [2.24, 2.45) is 5.41 Å². The largest absolute Gasteiger partial charge is 0.336 e. The average Bonchev–Trinajstić information content (AvgIpc) is 3.29. The number of carbonyl (C=O) groups is 1. The van der Waals surface area contributed by atoms with Crippen LogP contribution in [-0.2, 0) is 0 Å². The van der Waals surface area contributed by atoms with E-state index in [1.807, 2.05) is 23.1 Å². The molecule has 0 bridgehead atoms. The van der Waals surface area contributed by atoms with Crippen LogP contribution >= 0.6 is 0 Å². The van der Waals surface area contributed by atoms with Crippen LogP contribution < -0.4 is 0 Å². The number of benzene rings is 1. The molecule has 1 saturated heterocycles. The van der Waals surface area contributed by atoms with Crippen LogP contribution in [-0.4, -0.2) is 43.6 Å². The van der Waals surface area contributed by atoms with Gasteiger partial charge >= 0.3 is 0 Å². The number of likely N-dealkylation sites (tertiary alicyclic amines) is 1. The molecular formula is C20H21N5O. The van der Waals surface area contributed by atoms with E-state index in [0.717, 1.165) is 0 Å². The number of hydrogen-bond donors (Lipinski definition) is 0. The molecule has 132 valence electrons. The third-order valence-electron chi connectivity index (χ3n) is 5.07. The van der Waals surface area contributed by atoms with Gasteiger partial charge in [-0.05, 0) is 23.1 Å². The maximum atomic E-state index is 13.1. The monoisotopic (exact) mass is 347 g/mol. The molecule has 0 N–H and O–H groups in total. The lowest BCUT2D eigenvalue weighted by Gasteiger charge is -2.25. The van der Waals surface area contributed by atoms with Gasteiger partial charge in [-0.1, -0.05) is 50.2 Å². The topological polar surface area (TPSA) is 63.9 Å². The van der Waals surface area contributed by atoms with Crippen LogP contribution in [0.3, 0.4) is 0 Å². The molecular weight excluding hydrogens is 326 g/mol. The molecule has 3 heterocycles. The lowest BCUT2D eigenvalue weighted by molar-refractivity contribution is 0.0772. The van der Waals surface area contributed by atoms with Gasteiger partial charge in [-0.2, -0.15) is 0 Å². The summed E-state index contributed by atoms with van der Waals surface area (Å²) in [6.45, 7) is 5.86. The Hall–Kier alpha value is -3.02. The van der Waals surface area contributed by atoms with Gasteiger partial charge in [0, 0.05) is 19.0 Å². The summed E-state index contributed by atoms with van der Waals surface area (Å²) in [5.41, 5.74) is 1.74. The first-order valence-electron chi connectivity index (χ1n) is 8.71. The molecule has 0 unspecified atom stereocenters. The Kier molecular flexibility index (Phi) is 4.03. The van der Waals surface area contributed by atoms with Gasteiger partial charge < -0.3 is 4.90 Å². The molecule has 1 fully saturated rings. The van der Waals surface area contributed by atoms with E-state index in [1.54, 1.807) is 23.3 Å². The Morgan fingerprint density at radius 2 is 1.77 bits per heavy atom. The van der Waals surface area contributed by atoms with Crippen LogP contribution in [0.15, 0.2) is 61.2 Å². The highest BCUT2D eigenvalue weighted by molar-refractivity contribution is 5.92. The fourth-order valence-electron chi connectivity index (χ4n) is 3.70. The minimum atomic E-state index is -0.0357. The molecule has 0 saturated carbocycles. The summed E-state index contributed by atoms with van der Waals surface area (Å²) < 4.78 is 1.69. The van der Waals surface area contributed by atoms with E-state index in [0.29, 0.717) is 30.5 Å². The van der Waals surface area contributed by atoms with Gasteiger partial charge in [-0.3, -0.25) is 9.36 Å². The van der Waals surface area contributed by atoms with Crippen molar-refractivity contribution < 1.29 is 4.79 Å². The van der Waals surface area contributed by atoms with Gasteiger partial charge in [-0.25, -0.2) is 4.98 Å². The molecule has 4 rings (SSSR count). The van der Waals surface area contributed by atoms with E-state index in [1.165, 1.54) is 5.56 Å². The predicted molar refractivity (Wildman–Crippen MR) is 98.0 cm³/mol. The molecule has 1 aliphatic heterocycles. The van der Waals surface area contributed by atoms with Gasteiger partial charge in [-0.15, -0.1) is 10.2 Å². The maximum absolute atomic E-state index is 13.1. The van der Waals surface area contributed by atoms with Crippen molar-refractivity contribution in [2.75, 3.05) is 13.1 Å². The molecule has 0 aliphatic carbocycles. The summed E-state index contributed by atoms with van der Waals surface area (Å²) in [6.07, 6.45) is 3.14. The first-order chi connectivity index (χ1) is 12.5. The number of pyridine rings is 1. The second-order valence-corrected chi connectivity index (χ2v) is 7.39. The molecule has 0 radical (unpaired) electrons. The quantitative estimate of drug-likeness (QED) is 0.731. The molecule has 26 heavy (non-hydrogen) atoms. The zero-order chi connectivity index (χ0) is 18.1. The van der Waals surface area contributed by atoms with Crippen molar-refractivity contribution in [2.45, 2.75) is 19.8 Å². The van der Waals surface area contributed by atoms with E-state index in [4.69, 9.17) is 0 Å².